The Hall–Kier alpha value is -3.27. The number of fused-ring (bicyclic) bond motifs is 1. The number of aryl methyl sites for hydroxylation is 2. The summed E-state index contributed by atoms with van der Waals surface area (Å²) in [7, 11) is 1.65. The lowest BCUT2D eigenvalue weighted by molar-refractivity contribution is -0.125. The van der Waals surface area contributed by atoms with E-state index in [2.05, 4.69) is 25.5 Å². The first-order valence-corrected chi connectivity index (χ1v) is 11.4. The molecule has 32 heavy (non-hydrogen) atoms. The van der Waals surface area contributed by atoms with Gasteiger partial charge in [-0.1, -0.05) is 23.5 Å². The van der Waals surface area contributed by atoms with Gasteiger partial charge >= 0.3 is 0 Å². The summed E-state index contributed by atoms with van der Waals surface area (Å²) >= 11 is 1.28. The predicted molar refractivity (Wildman–Crippen MR) is 125 cm³/mol. The number of nitrogens with zero attached hydrogens (tertiary/aromatic N) is 4. The number of benzene rings is 1. The van der Waals surface area contributed by atoms with Crippen molar-refractivity contribution >= 4 is 44.3 Å². The Bertz CT molecular complexity index is 1230. The predicted octanol–water partition coefficient (Wildman–Crippen LogP) is 2.07. The van der Waals surface area contributed by atoms with E-state index < -0.39 is 0 Å². The maximum Gasteiger partial charge on any atom is 0.273 e. The molecule has 2 N–H and O–H groups in total. The van der Waals surface area contributed by atoms with Gasteiger partial charge in [-0.05, 0) is 43.9 Å². The van der Waals surface area contributed by atoms with E-state index in [9.17, 15) is 14.4 Å². The lowest BCUT2D eigenvalue weighted by Gasteiger charge is -2.30. The summed E-state index contributed by atoms with van der Waals surface area (Å²) in [5.41, 5.74) is 2.84. The van der Waals surface area contributed by atoms with E-state index in [1.165, 1.54) is 22.2 Å². The van der Waals surface area contributed by atoms with Crippen LogP contribution in [0.2, 0.25) is 0 Å². The van der Waals surface area contributed by atoms with Gasteiger partial charge in [0, 0.05) is 31.7 Å². The highest BCUT2D eigenvalue weighted by Gasteiger charge is 2.26. The molecule has 0 bridgehead atoms. The standard InChI is InChI=1S/C22H26N6O3S/c1-13-4-5-14(2)16(10-13)25-17(29)11-28-12-24-19-18(21(28)31)32-22(26-19)27-8-6-15(7-9-27)20(30)23-3/h4-5,10,12,15H,6-9,11H2,1-3H3,(H,23,30)(H,25,29). The maximum absolute atomic E-state index is 13.0. The van der Waals surface area contributed by atoms with Crippen molar-refractivity contribution in [2.24, 2.45) is 5.92 Å². The smallest absolute Gasteiger partial charge is 0.273 e. The molecule has 2 aromatic heterocycles. The van der Waals surface area contributed by atoms with E-state index in [1.54, 1.807) is 7.05 Å². The van der Waals surface area contributed by atoms with Crippen LogP contribution in [0.25, 0.3) is 10.3 Å². The van der Waals surface area contributed by atoms with Crippen LogP contribution in [0.15, 0.2) is 29.3 Å². The third kappa shape index (κ3) is 4.50. The molecule has 1 aliphatic rings. The number of anilines is 2. The van der Waals surface area contributed by atoms with Gasteiger partial charge in [-0.25, -0.2) is 4.98 Å². The first kappa shape index (κ1) is 21.9. The molecule has 1 aromatic carbocycles. The molecule has 2 amide bonds. The fraction of sp³-hybridized carbons (Fsp3) is 0.409. The molecule has 3 heterocycles. The van der Waals surface area contributed by atoms with Crippen LogP contribution in [-0.4, -0.2) is 46.5 Å². The Kier molecular flexibility index (Phi) is 6.22. The molecule has 4 rings (SSSR count). The molecule has 0 aliphatic carbocycles. The zero-order chi connectivity index (χ0) is 22.8. The second-order valence-corrected chi connectivity index (χ2v) is 9.05. The average Bonchev–Trinajstić information content (AvgIpc) is 3.23. The number of amides is 2. The van der Waals surface area contributed by atoms with E-state index in [-0.39, 0.29) is 29.8 Å². The molecule has 10 heteroatoms. The molecule has 0 radical (unpaired) electrons. The normalized spacial score (nSPS) is 14.5. The number of rotatable bonds is 5. The first-order chi connectivity index (χ1) is 15.4. The Labute approximate surface area is 189 Å². The van der Waals surface area contributed by atoms with Crippen molar-refractivity contribution in [1.29, 1.82) is 0 Å². The monoisotopic (exact) mass is 454 g/mol. The summed E-state index contributed by atoms with van der Waals surface area (Å²) in [6.45, 7) is 5.15. The maximum atomic E-state index is 13.0. The van der Waals surface area contributed by atoms with Crippen LogP contribution in [0, 0.1) is 19.8 Å². The van der Waals surface area contributed by atoms with Crippen LogP contribution in [0.5, 0.6) is 0 Å². The quantitative estimate of drug-likeness (QED) is 0.611. The van der Waals surface area contributed by atoms with Gasteiger partial charge < -0.3 is 15.5 Å². The molecular formula is C22H26N6O3S. The van der Waals surface area contributed by atoms with Gasteiger partial charge in [0.2, 0.25) is 11.8 Å². The summed E-state index contributed by atoms with van der Waals surface area (Å²) in [6, 6.07) is 5.83. The van der Waals surface area contributed by atoms with Crippen molar-refractivity contribution in [3.05, 3.63) is 46.0 Å². The number of hydrogen-bond acceptors (Lipinski definition) is 7. The Balaban J connectivity index is 1.48. The second kappa shape index (κ2) is 9.07. The summed E-state index contributed by atoms with van der Waals surface area (Å²) < 4.78 is 1.73. The Morgan fingerprint density at radius 2 is 1.97 bits per heavy atom. The van der Waals surface area contributed by atoms with Crippen LogP contribution < -0.4 is 21.1 Å². The average molecular weight is 455 g/mol. The minimum atomic E-state index is -0.289. The minimum Gasteiger partial charge on any atom is -0.359 e. The van der Waals surface area contributed by atoms with Gasteiger partial charge in [-0.3, -0.25) is 19.0 Å². The number of hydrogen-bond donors (Lipinski definition) is 2. The number of piperidine rings is 1. The molecular weight excluding hydrogens is 428 g/mol. The van der Waals surface area contributed by atoms with E-state index >= 15 is 0 Å². The Morgan fingerprint density at radius 3 is 2.69 bits per heavy atom. The Morgan fingerprint density at radius 1 is 1.22 bits per heavy atom. The number of carbonyl (C=O) groups is 2. The number of nitrogens with one attached hydrogen (secondary N) is 2. The van der Waals surface area contributed by atoms with E-state index in [1.807, 2.05) is 32.0 Å². The van der Waals surface area contributed by atoms with Crippen LogP contribution in [0.1, 0.15) is 24.0 Å². The molecule has 168 valence electrons. The summed E-state index contributed by atoms with van der Waals surface area (Å²) in [5, 5.41) is 6.29. The second-order valence-electron chi connectivity index (χ2n) is 8.07. The minimum absolute atomic E-state index is 0.0107. The lowest BCUT2D eigenvalue weighted by Crippen LogP contribution is -2.39. The summed E-state index contributed by atoms with van der Waals surface area (Å²) in [5.74, 6) is -0.211. The highest BCUT2D eigenvalue weighted by atomic mass is 32.1. The first-order valence-electron chi connectivity index (χ1n) is 10.6. The topological polar surface area (TPSA) is 109 Å². The molecule has 1 fully saturated rings. The van der Waals surface area contributed by atoms with Crippen molar-refractivity contribution in [2.45, 2.75) is 33.2 Å². The van der Waals surface area contributed by atoms with Crippen LogP contribution in [0.3, 0.4) is 0 Å². The number of thiazole rings is 1. The molecule has 0 spiro atoms. The number of carbonyl (C=O) groups excluding carboxylic acids is 2. The molecule has 1 saturated heterocycles. The zero-order valence-electron chi connectivity index (χ0n) is 18.3. The van der Waals surface area contributed by atoms with Crippen LogP contribution in [-0.2, 0) is 16.1 Å². The van der Waals surface area contributed by atoms with Gasteiger partial charge in [-0.2, -0.15) is 4.98 Å². The van der Waals surface area contributed by atoms with Crippen molar-refractivity contribution < 1.29 is 9.59 Å². The van der Waals surface area contributed by atoms with Gasteiger partial charge in [0.25, 0.3) is 5.56 Å². The van der Waals surface area contributed by atoms with Crippen molar-refractivity contribution in [2.75, 3.05) is 30.4 Å². The largest absolute Gasteiger partial charge is 0.359 e. The lowest BCUT2D eigenvalue weighted by atomic mass is 9.96. The van der Waals surface area contributed by atoms with Gasteiger partial charge in [0.05, 0.1) is 0 Å². The SMILES string of the molecule is CNC(=O)C1CCN(c2nc3ncn(CC(=O)Nc4cc(C)ccc4C)c(=O)c3s2)CC1. The third-order valence-electron chi connectivity index (χ3n) is 5.74. The summed E-state index contributed by atoms with van der Waals surface area (Å²) in [4.78, 5) is 48.2. The highest BCUT2D eigenvalue weighted by Crippen LogP contribution is 2.29. The molecule has 9 nitrogen and oxygen atoms in total. The van der Waals surface area contributed by atoms with Gasteiger partial charge in [0.15, 0.2) is 10.8 Å². The van der Waals surface area contributed by atoms with E-state index in [0.29, 0.717) is 23.4 Å². The molecule has 1 aliphatic heterocycles. The third-order valence-corrected chi connectivity index (χ3v) is 6.83. The van der Waals surface area contributed by atoms with Crippen LogP contribution in [0.4, 0.5) is 10.8 Å². The van der Waals surface area contributed by atoms with Gasteiger partial charge in [-0.15, -0.1) is 0 Å². The summed E-state index contributed by atoms with van der Waals surface area (Å²) in [6.07, 6.45) is 2.85. The van der Waals surface area contributed by atoms with Crippen molar-refractivity contribution in [3.8, 4) is 0 Å². The van der Waals surface area contributed by atoms with E-state index in [4.69, 9.17) is 0 Å². The van der Waals surface area contributed by atoms with Gasteiger partial charge in [0.1, 0.15) is 17.6 Å². The zero-order valence-corrected chi connectivity index (χ0v) is 19.2. The fourth-order valence-corrected chi connectivity index (χ4v) is 4.86. The van der Waals surface area contributed by atoms with E-state index in [0.717, 1.165) is 34.8 Å². The van der Waals surface area contributed by atoms with Crippen molar-refractivity contribution in [3.63, 3.8) is 0 Å². The molecule has 3 aromatic rings. The molecule has 0 atom stereocenters. The molecule has 0 unspecified atom stereocenters. The van der Waals surface area contributed by atoms with Crippen molar-refractivity contribution in [1.82, 2.24) is 19.9 Å². The highest BCUT2D eigenvalue weighted by molar-refractivity contribution is 7.22. The number of aromatic nitrogens is 3. The fourth-order valence-electron chi connectivity index (χ4n) is 3.84. The molecule has 0 saturated carbocycles. The van der Waals surface area contributed by atoms with Crippen LogP contribution >= 0.6 is 11.3 Å².